The number of carbonyl (C=O) groups excluding carboxylic acids is 1. The van der Waals surface area contributed by atoms with Crippen LogP contribution in [-0.2, 0) is 0 Å². The van der Waals surface area contributed by atoms with Crippen molar-refractivity contribution >= 4 is 28.0 Å². The summed E-state index contributed by atoms with van der Waals surface area (Å²) in [7, 11) is 0. The lowest BCUT2D eigenvalue weighted by atomic mass is 10.4. The summed E-state index contributed by atoms with van der Waals surface area (Å²) in [5.41, 5.74) is 0. The van der Waals surface area contributed by atoms with E-state index in [4.69, 9.17) is 0 Å². The number of hydrogen-bond donors (Lipinski definition) is 0. The first-order chi connectivity index (χ1) is 6.20. The van der Waals surface area contributed by atoms with E-state index in [0.29, 0.717) is 18.9 Å². The molecule has 0 saturated heterocycles. The van der Waals surface area contributed by atoms with Crippen LogP contribution < -0.4 is 0 Å². The molecule has 0 atom stereocenters. The average Bonchev–Trinajstić information content (AvgIpc) is 2.03. The lowest BCUT2D eigenvalue weighted by molar-refractivity contribution is 0.198. The van der Waals surface area contributed by atoms with Crippen molar-refractivity contribution in [1.29, 1.82) is 0 Å². The third-order valence-electron chi connectivity index (χ3n) is 1.83. The summed E-state index contributed by atoms with van der Waals surface area (Å²) in [5.74, 6) is 0.650. The SMILES string of the molecule is CCN(CC)C(=O)N(Br)C1=NC=C1. The van der Waals surface area contributed by atoms with Crippen LogP contribution in [0.5, 0.6) is 0 Å². The van der Waals surface area contributed by atoms with Crippen molar-refractivity contribution < 1.29 is 4.79 Å². The molecule has 2 amide bonds. The Morgan fingerprint density at radius 1 is 1.54 bits per heavy atom. The highest BCUT2D eigenvalue weighted by molar-refractivity contribution is 9.08. The van der Waals surface area contributed by atoms with Crippen LogP contribution >= 0.6 is 16.1 Å². The third-order valence-corrected chi connectivity index (χ3v) is 2.50. The van der Waals surface area contributed by atoms with E-state index in [9.17, 15) is 4.79 Å². The van der Waals surface area contributed by atoms with Gasteiger partial charge in [-0.15, -0.1) is 0 Å². The van der Waals surface area contributed by atoms with Crippen molar-refractivity contribution in [3.8, 4) is 0 Å². The van der Waals surface area contributed by atoms with Crippen LogP contribution in [0, 0.1) is 0 Å². The van der Waals surface area contributed by atoms with Gasteiger partial charge in [-0.05, 0) is 13.8 Å². The number of nitrogens with zero attached hydrogens (tertiary/aromatic N) is 3. The molecule has 0 unspecified atom stereocenters. The summed E-state index contributed by atoms with van der Waals surface area (Å²) in [5, 5.41) is 0. The van der Waals surface area contributed by atoms with Gasteiger partial charge in [0.2, 0.25) is 0 Å². The first-order valence-corrected chi connectivity index (χ1v) is 4.90. The molecule has 0 spiro atoms. The third kappa shape index (κ3) is 2.09. The van der Waals surface area contributed by atoms with Crippen molar-refractivity contribution in [2.75, 3.05) is 13.1 Å². The zero-order chi connectivity index (χ0) is 9.84. The zero-order valence-electron chi connectivity index (χ0n) is 7.70. The van der Waals surface area contributed by atoms with Crippen LogP contribution in [-0.4, -0.2) is 33.8 Å². The molecule has 0 radical (unpaired) electrons. The molecular formula is C8H12BrN3O. The smallest absolute Gasteiger partial charge is 0.324 e. The quantitative estimate of drug-likeness (QED) is 0.686. The zero-order valence-corrected chi connectivity index (χ0v) is 9.28. The predicted octanol–water partition coefficient (Wildman–Crippen LogP) is 1.99. The Morgan fingerprint density at radius 3 is 2.38 bits per heavy atom. The van der Waals surface area contributed by atoms with Gasteiger partial charge < -0.3 is 4.90 Å². The maximum Gasteiger partial charge on any atom is 0.336 e. The average molecular weight is 246 g/mol. The Balaban J connectivity index is 2.54. The molecule has 4 nitrogen and oxygen atoms in total. The molecule has 1 heterocycles. The molecule has 72 valence electrons. The molecule has 1 aliphatic rings. The lowest BCUT2D eigenvalue weighted by Gasteiger charge is -2.25. The van der Waals surface area contributed by atoms with Crippen molar-refractivity contribution in [2.45, 2.75) is 13.8 Å². The summed E-state index contributed by atoms with van der Waals surface area (Å²) >= 11 is 3.16. The fourth-order valence-corrected chi connectivity index (χ4v) is 1.41. The molecule has 0 N–H and O–H groups in total. The maximum absolute atomic E-state index is 11.6. The summed E-state index contributed by atoms with van der Waals surface area (Å²) in [6.45, 7) is 5.30. The first kappa shape index (κ1) is 10.2. The van der Waals surface area contributed by atoms with E-state index in [-0.39, 0.29) is 6.03 Å². The van der Waals surface area contributed by atoms with Gasteiger partial charge in [0.1, 0.15) is 5.84 Å². The largest absolute Gasteiger partial charge is 0.336 e. The fraction of sp³-hybridized carbons (Fsp3) is 0.500. The Labute approximate surface area is 86.3 Å². The number of amidine groups is 1. The number of urea groups is 1. The molecule has 0 aromatic heterocycles. The molecule has 0 fully saturated rings. The minimum absolute atomic E-state index is 0.0758. The van der Waals surface area contributed by atoms with Gasteiger partial charge in [-0.25, -0.2) is 13.7 Å². The molecule has 0 aromatic rings. The molecule has 1 rings (SSSR count). The number of hydrogen-bond acceptors (Lipinski definition) is 2. The Hall–Kier alpha value is -0.840. The minimum atomic E-state index is -0.0758. The molecule has 5 heteroatoms. The van der Waals surface area contributed by atoms with E-state index in [2.05, 4.69) is 21.1 Å². The highest BCUT2D eigenvalue weighted by atomic mass is 79.9. The van der Waals surface area contributed by atoms with Crippen LogP contribution in [0.4, 0.5) is 4.79 Å². The second kappa shape index (κ2) is 4.41. The van der Waals surface area contributed by atoms with Gasteiger partial charge >= 0.3 is 6.03 Å². The minimum Gasteiger partial charge on any atom is -0.324 e. The van der Waals surface area contributed by atoms with Crippen LogP contribution in [0.3, 0.4) is 0 Å². The van der Waals surface area contributed by atoms with Crippen LogP contribution in [0.1, 0.15) is 13.8 Å². The van der Waals surface area contributed by atoms with Gasteiger partial charge in [0, 0.05) is 25.4 Å². The molecular weight excluding hydrogens is 234 g/mol. The number of halogens is 1. The molecule has 13 heavy (non-hydrogen) atoms. The van der Waals surface area contributed by atoms with Gasteiger partial charge in [-0.1, -0.05) is 0 Å². The van der Waals surface area contributed by atoms with Crippen LogP contribution in [0.2, 0.25) is 0 Å². The van der Waals surface area contributed by atoms with Crippen molar-refractivity contribution in [3.63, 3.8) is 0 Å². The van der Waals surface area contributed by atoms with E-state index >= 15 is 0 Å². The van der Waals surface area contributed by atoms with Crippen molar-refractivity contribution in [1.82, 2.24) is 8.83 Å². The summed E-state index contributed by atoms with van der Waals surface area (Å²) in [4.78, 5) is 17.3. The fourth-order valence-electron chi connectivity index (χ4n) is 0.974. The molecule has 0 aliphatic carbocycles. The Bertz CT molecular complexity index is 258. The standard InChI is InChI=1S/C8H12BrN3O/c1-3-11(4-2)8(13)12(9)7-5-6-10-7/h5-6H,3-4H2,1-2H3. The second-order valence-electron chi connectivity index (χ2n) is 2.54. The molecule has 0 bridgehead atoms. The van der Waals surface area contributed by atoms with E-state index in [0.717, 1.165) is 0 Å². The predicted molar refractivity (Wildman–Crippen MR) is 55.7 cm³/mol. The van der Waals surface area contributed by atoms with Gasteiger partial charge in [-0.2, -0.15) is 0 Å². The first-order valence-electron chi connectivity index (χ1n) is 4.19. The van der Waals surface area contributed by atoms with Crippen molar-refractivity contribution in [3.05, 3.63) is 12.3 Å². The van der Waals surface area contributed by atoms with Crippen molar-refractivity contribution in [2.24, 2.45) is 4.99 Å². The lowest BCUT2D eigenvalue weighted by Crippen LogP contribution is -2.41. The van der Waals surface area contributed by atoms with E-state index in [1.165, 1.54) is 3.93 Å². The van der Waals surface area contributed by atoms with E-state index in [1.54, 1.807) is 17.2 Å². The van der Waals surface area contributed by atoms with Crippen LogP contribution in [0.25, 0.3) is 0 Å². The van der Waals surface area contributed by atoms with Gasteiger partial charge in [0.25, 0.3) is 0 Å². The number of rotatable bonds is 2. The summed E-state index contributed by atoms with van der Waals surface area (Å²) < 4.78 is 1.37. The monoisotopic (exact) mass is 245 g/mol. The van der Waals surface area contributed by atoms with E-state index in [1.807, 2.05) is 13.8 Å². The van der Waals surface area contributed by atoms with Gasteiger partial charge in [0.05, 0.1) is 16.1 Å². The summed E-state index contributed by atoms with van der Waals surface area (Å²) in [6.07, 6.45) is 3.43. The Kier molecular flexibility index (Phi) is 3.48. The molecule has 1 aliphatic heterocycles. The van der Waals surface area contributed by atoms with Crippen LogP contribution in [0.15, 0.2) is 17.3 Å². The van der Waals surface area contributed by atoms with Gasteiger partial charge in [0.15, 0.2) is 0 Å². The normalized spacial score (nSPS) is 13.3. The van der Waals surface area contributed by atoms with E-state index < -0.39 is 0 Å². The highest BCUT2D eigenvalue weighted by Crippen LogP contribution is 2.11. The second-order valence-corrected chi connectivity index (χ2v) is 3.25. The number of aliphatic imine (C=N–C) groups is 1. The maximum atomic E-state index is 11.6. The molecule has 0 saturated carbocycles. The Morgan fingerprint density at radius 2 is 2.08 bits per heavy atom. The topological polar surface area (TPSA) is 35.9 Å². The number of amides is 2. The highest BCUT2D eigenvalue weighted by Gasteiger charge is 2.21. The van der Waals surface area contributed by atoms with Gasteiger partial charge in [-0.3, -0.25) is 0 Å². The number of carbonyl (C=O) groups is 1. The summed E-state index contributed by atoms with van der Waals surface area (Å²) in [6, 6.07) is -0.0758. The molecule has 0 aromatic carbocycles.